The number of benzene rings is 1. The SMILES string of the molecule is COc1cccc(C2CC(C)(C)CCC2CN)c1F. The molecule has 2 unspecified atom stereocenters. The van der Waals surface area contributed by atoms with E-state index in [9.17, 15) is 4.39 Å². The Morgan fingerprint density at radius 1 is 1.42 bits per heavy atom. The summed E-state index contributed by atoms with van der Waals surface area (Å²) in [7, 11) is 1.51. The van der Waals surface area contributed by atoms with Gasteiger partial charge in [0.05, 0.1) is 7.11 Å². The van der Waals surface area contributed by atoms with E-state index in [-0.39, 0.29) is 17.2 Å². The van der Waals surface area contributed by atoms with Crippen molar-refractivity contribution in [3.8, 4) is 5.75 Å². The molecule has 2 rings (SSSR count). The van der Waals surface area contributed by atoms with Gasteiger partial charge in [0, 0.05) is 0 Å². The zero-order valence-corrected chi connectivity index (χ0v) is 12.1. The Hall–Kier alpha value is -1.09. The average molecular weight is 265 g/mol. The Labute approximate surface area is 115 Å². The summed E-state index contributed by atoms with van der Waals surface area (Å²) >= 11 is 0. The average Bonchev–Trinajstić information content (AvgIpc) is 2.38. The Balaban J connectivity index is 2.37. The van der Waals surface area contributed by atoms with Gasteiger partial charge >= 0.3 is 0 Å². The first-order chi connectivity index (χ1) is 8.98. The van der Waals surface area contributed by atoms with E-state index in [1.807, 2.05) is 12.1 Å². The van der Waals surface area contributed by atoms with E-state index in [1.54, 1.807) is 6.07 Å². The number of hydrogen-bond acceptors (Lipinski definition) is 2. The third-order valence-corrected chi connectivity index (χ3v) is 4.45. The molecule has 1 saturated carbocycles. The van der Waals surface area contributed by atoms with E-state index in [1.165, 1.54) is 7.11 Å². The number of ether oxygens (including phenoxy) is 1. The number of hydrogen-bond donors (Lipinski definition) is 1. The third-order valence-electron chi connectivity index (χ3n) is 4.45. The lowest BCUT2D eigenvalue weighted by atomic mass is 9.65. The van der Waals surface area contributed by atoms with E-state index in [0.717, 1.165) is 24.8 Å². The highest BCUT2D eigenvalue weighted by Crippen LogP contribution is 2.47. The van der Waals surface area contributed by atoms with E-state index in [4.69, 9.17) is 10.5 Å². The summed E-state index contributed by atoms with van der Waals surface area (Å²) in [4.78, 5) is 0. The fourth-order valence-corrected chi connectivity index (χ4v) is 3.26. The van der Waals surface area contributed by atoms with E-state index >= 15 is 0 Å². The number of nitrogens with two attached hydrogens (primary N) is 1. The van der Waals surface area contributed by atoms with E-state index in [0.29, 0.717) is 18.2 Å². The number of methoxy groups -OCH3 is 1. The smallest absolute Gasteiger partial charge is 0.168 e. The summed E-state index contributed by atoms with van der Waals surface area (Å²) in [6, 6.07) is 5.42. The van der Waals surface area contributed by atoms with Crippen LogP contribution in [0.15, 0.2) is 18.2 Å². The number of rotatable bonds is 3. The summed E-state index contributed by atoms with van der Waals surface area (Å²) < 4.78 is 19.5. The second-order valence-corrected chi connectivity index (χ2v) is 6.37. The molecule has 0 aliphatic heterocycles. The maximum Gasteiger partial charge on any atom is 0.168 e. The van der Waals surface area contributed by atoms with Crippen LogP contribution >= 0.6 is 0 Å². The van der Waals surface area contributed by atoms with Crippen molar-refractivity contribution in [3.05, 3.63) is 29.6 Å². The molecule has 0 bridgehead atoms. The summed E-state index contributed by atoms with van der Waals surface area (Å²) in [5, 5.41) is 0. The molecule has 1 aliphatic rings. The summed E-state index contributed by atoms with van der Waals surface area (Å²) in [5.41, 5.74) is 6.91. The first kappa shape index (κ1) is 14.3. The van der Waals surface area contributed by atoms with Crippen LogP contribution in [0, 0.1) is 17.2 Å². The van der Waals surface area contributed by atoms with Gasteiger partial charge in [-0.15, -0.1) is 0 Å². The Kier molecular flexibility index (Phi) is 4.14. The van der Waals surface area contributed by atoms with Crippen molar-refractivity contribution in [2.45, 2.75) is 39.0 Å². The van der Waals surface area contributed by atoms with Crippen molar-refractivity contribution in [3.63, 3.8) is 0 Å². The molecule has 1 aromatic rings. The molecule has 2 N–H and O–H groups in total. The van der Waals surface area contributed by atoms with Crippen molar-refractivity contribution in [1.82, 2.24) is 0 Å². The lowest BCUT2D eigenvalue weighted by molar-refractivity contribution is 0.163. The molecule has 2 nitrogen and oxygen atoms in total. The number of halogens is 1. The Morgan fingerprint density at radius 2 is 2.16 bits per heavy atom. The van der Waals surface area contributed by atoms with Gasteiger partial charge < -0.3 is 10.5 Å². The molecule has 106 valence electrons. The van der Waals surface area contributed by atoms with Crippen LogP contribution in [-0.4, -0.2) is 13.7 Å². The van der Waals surface area contributed by atoms with Crippen molar-refractivity contribution >= 4 is 0 Å². The molecule has 1 aliphatic carbocycles. The molecule has 0 radical (unpaired) electrons. The second-order valence-electron chi connectivity index (χ2n) is 6.37. The molecule has 0 heterocycles. The fourth-order valence-electron chi connectivity index (χ4n) is 3.26. The van der Waals surface area contributed by atoms with Crippen LogP contribution in [-0.2, 0) is 0 Å². The van der Waals surface area contributed by atoms with Crippen molar-refractivity contribution in [2.24, 2.45) is 17.1 Å². The molecular formula is C16H24FNO. The summed E-state index contributed by atoms with van der Waals surface area (Å²) in [6.45, 7) is 5.13. The molecule has 0 saturated heterocycles. The quantitative estimate of drug-likeness (QED) is 0.904. The molecule has 1 fully saturated rings. The van der Waals surface area contributed by atoms with Crippen LogP contribution in [0.5, 0.6) is 5.75 Å². The second kappa shape index (κ2) is 5.49. The monoisotopic (exact) mass is 265 g/mol. The van der Waals surface area contributed by atoms with Gasteiger partial charge in [-0.1, -0.05) is 26.0 Å². The normalized spacial score (nSPS) is 26.2. The maximum atomic E-state index is 14.5. The molecular weight excluding hydrogens is 241 g/mol. The molecule has 2 atom stereocenters. The minimum Gasteiger partial charge on any atom is -0.494 e. The highest BCUT2D eigenvalue weighted by Gasteiger charge is 2.36. The van der Waals surface area contributed by atoms with Gasteiger partial charge in [-0.3, -0.25) is 0 Å². The molecule has 0 spiro atoms. The lowest BCUT2D eigenvalue weighted by Crippen LogP contribution is -2.33. The van der Waals surface area contributed by atoms with E-state index in [2.05, 4.69) is 13.8 Å². The van der Waals surface area contributed by atoms with Gasteiger partial charge in [0.2, 0.25) is 0 Å². The summed E-state index contributed by atoms with van der Waals surface area (Å²) in [6.07, 6.45) is 3.22. The third kappa shape index (κ3) is 2.92. The van der Waals surface area contributed by atoms with Gasteiger partial charge in [0.25, 0.3) is 0 Å². The highest BCUT2D eigenvalue weighted by molar-refractivity contribution is 5.34. The molecule has 0 aromatic heterocycles. The van der Waals surface area contributed by atoms with Crippen molar-refractivity contribution in [1.29, 1.82) is 0 Å². The van der Waals surface area contributed by atoms with Gasteiger partial charge in [-0.05, 0) is 54.7 Å². The Morgan fingerprint density at radius 3 is 2.79 bits per heavy atom. The standard InChI is InChI=1S/C16H24FNO/c1-16(2)8-7-11(10-18)13(9-16)12-5-4-6-14(19-3)15(12)17/h4-6,11,13H,7-10,18H2,1-3H3. The first-order valence-corrected chi connectivity index (χ1v) is 7.01. The minimum atomic E-state index is -0.217. The molecule has 0 amide bonds. The molecule has 1 aromatic carbocycles. The maximum absolute atomic E-state index is 14.5. The van der Waals surface area contributed by atoms with Crippen LogP contribution in [0.2, 0.25) is 0 Å². The first-order valence-electron chi connectivity index (χ1n) is 7.01. The van der Waals surface area contributed by atoms with Gasteiger partial charge in [-0.25, -0.2) is 4.39 Å². The highest BCUT2D eigenvalue weighted by atomic mass is 19.1. The predicted molar refractivity (Wildman–Crippen MR) is 75.9 cm³/mol. The lowest BCUT2D eigenvalue weighted by Gasteiger charge is -2.41. The predicted octanol–water partition coefficient (Wildman–Crippen LogP) is 3.70. The van der Waals surface area contributed by atoms with Crippen LogP contribution < -0.4 is 10.5 Å². The fraction of sp³-hybridized carbons (Fsp3) is 0.625. The molecule has 3 heteroatoms. The van der Waals surface area contributed by atoms with Crippen LogP contribution in [0.25, 0.3) is 0 Å². The van der Waals surface area contributed by atoms with Gasteiger partial charge in [0.1, 0.15) is 0 Å². The van der Waals surface area contributed by atoms with Crippen LogP contribution in [0.4, 0.5) is 4.39 Å². The topological polar surface area (TPSA) is 35.2 Å². The Bertz CT molecular complexity index is 444. The van der Waals surface area contributed by atoms with E-state index < -0.39 is 0 Å². The largest absolute Gasteiger partial charge is 0.494 e. The minimum absolute atomic E-state index is 0.198. The zero-order chi connectivity index (χ0) is 14.0. The zero-order valence-electron chi connectivity index (χ0n) is 12.1. The van der Waals surface area contributed by atoms with Crippen LogP contribution in [0.3, 0.4) is 0 Å². The van der Waals surface area contributed by atoms with Crippen molar-refractivity contribution < 1.29 is 9.13 Å². The summed E-state index contributed by atoms with van der Waals surface area (Å²) in [5.74, 6) is 0.682. The van der Waals surface area contributed by atoms with Crippen LogP contribution in [0.1, 0.15) is 44.6 Å². The molecule has 19 heavy (non-hydrogen) atoms. The van der Waals surface area contributed by atoms with Gasteiger partial charge in [-0.2, -0.15) is 0 Å². The van der Waals surface area contributed by atoms with Gasteiger partial charge in [0.15, 0.2) is 11.6 Å². The van der Waals surface area contributed by atoms with Crippen molar-refractivity contribution in [2.75, 3.05) is 13.7 Å².